The van der Waals surface area contributed by atoms with Gasteiger partial charge in [0.15, 0.2) is 5.82 Å². The summed E-state index contributed by atoms with van der Waals surface area (Å²) in [5, 5.41) is 10.7. The molecule has 1 aromatic heterocycles. The Balaban J connectivity index is 1.38. The zero-order chi connectivity index (χ0) is 19.8. The van der Waals surface area contributed by atoms with E-state index in [1.807, 2.05) is 6.07 Å². The first-order valence-electron chi connectivity index (χ1n) is 9.58. The number of hydrogen-bond acceptors (Lipinski definition) is 5. The van der Waals surface area contributed by atoms with E-state index in [0.717, 1.165) is 24.3 Å². The van der Waals surface area contributed by atoms with E-state index in [-0.39, 0.29) is 18.3 Å². The first kappa shape index (κ1) is 18.2. The Kier molecular flexibility index (Phi) is 4.71. The highest BCUT2D eigenvalue weighted by Crippen LogP contribution is 2.27. The number of halogens is 1. The molecule has 1 aliphatic carbocycles. The number of thioether (sulfide) groups is 1. The molecule has 0 N–H and O–H groups in total. The predicted octanol–water partition coefficient (Wildman–Crippen LogP) is 3.37. The fraction of sp³-hybridized carbons (Fsp3) is 0.286. The quantitative estimate of drug-likeness (QED) is 0.660. The molecule has 6 nitrogen and oxygen atoms in total. The lowest BCUT2D eigenvalue weighted by Gasteiger charge is -2.29. The van der Waals surface area contributed by atoms with Gasteiger partial charge >= 0.3 is 0 Å². The third kappa shape index (κ3) is 3.48. The molecule has 2 heterocycles. The minimum Gasteiger partial charge on any atom is -0.486 e. The Labute approximate surface area is 171 Å². The van der Waals surface area contributed by atoms with Gasteiger partial charge in [0.1, 0.15) is 18.2 Å². The molecule has 0 bridgehead atoms. The molecular weight excluding hydrogens is 391 g/mol. The van der Waals surface area contributed by atoms with Crippen molar-refractivity contribution in [2.45, 2.75) is 31.0 Å². The normalized spacial score (nSPS) is 15.1. The van der Waals surface area contributed by atoms with Crippen LogP contribution >= 0.6 is 11.8 Å². The number of benzene rings is 2. The first-order chi connectivity index (χ1) is 14.2. The van der Waals surface area contributed by atoms with Crippen molar-refractivity contribution in [3.05, 3.63) is 70.8 Å². The zero-order valence-electron chi connectivity index (χ0n) is 15.7. The van der Waals surface area contributed by atoms with Crippen LogP contribution in [0.25, 0.3) is 0 Å². The second-order valence-electron chi connectivity index (χ2n) is 7.07. The van der Waals surface area contributed by atoms with E-state index in [9.17, 15) is 9.18 Å². The lowest BCUT2D eigenvalue weighted by molar-refractivity contribution is 0.0952. The average molecular weight is 410 g/mol. The van der Waals surface area contributed by atoms with Crippen LogP contribution in [-0.2, 0) is 19.4 Å². The summed E-state index contributed by atoms with van der Waals surface area (Å²) in [5.74, 6) is 1.48. The van der Waals surface area contributed by atoms with Gasteiger partial charge in [0.25, 0.3) is 5.91 Å². The van der Waals surface area contributed by atoms with Crippen molar-refractivity contribution in [2.24, 2.45) is 0 Å². The zero-order valence-corrected chi connectivity index (χ0v) is 16.5. The number of hydrogen-bond donors (Lipinski definition) is 0. The molecule has 2 aliphatic rings. The molecule has 1 amide bonds. The first-order valence-corrected chi connectivity index (χ1v) is 10.6. The van der Waals surface area contributed by atoms with Gasteiger partial charge in [-0.1, -0.05) is 17.8 Å². The minimum atomic E-state index is -0.371. The molecule has 0 spiro atoms. The van der Waals surface area contributed by atoms with Crippen LogP contribution < -0.4 is 9.75 Å². The molecule has 29 heavy (non-hydrogen) atoms. The van der Waals surface area contributed by atoms with E-state index in [1.165, 1.54) is 41.8 Å². The van der Waals surface area contributed by atoms with Crippen LogP contribution in [0.5, 0.6) is 5.75 Å². The Hall–Kier alpha value is -2.87. The summed E-state index contributed by atoms with van der Waals surface area (Å²) < 4.78 is 20.9. The van der Waals surface area contributed by atoms with Gasteiger partial charge in [-0.3, -0.25) is 4.79 Å². The van der Waals surface area contributed by atoms with Crippen molar-refractivity contribution in [3.63, 3.8) is 0 Å². The highest BCUT2D eigenvalue weighted by Gasteiger charge is 2.28. The van der Waals surface area contributed by atoms with Gasteiger partial charge in [0.05, 0.1) is 6.54 Å². The van der Waals surface area contributed by atoms with Gasteiger partial charge < -0.3 is 4.74 Å². The van der Waals surface area contributed by atoms with Crippen LogP contribution in [0, 0.1) is 5.82 Å². The third-order valence-corrected chi connectivity index (χ3v) is 6.12. The third-order valence-electron chi connectivity index (χ3n) is 5.22. The van der Waals surface area contributed by atoms with Gasteiger partial charge in [-0.15, -0.1) is 10.2 Å². The van der Waals surface area contributed by atoms with Crippen LogP contribution in [-0.4, -0.2) is 33.1 Å². The largest absolute Gasteiger partial charge is 0.486 e. The lowest BCUT2D eigenvalue weighted by Crippen LogP contribution is -2.45. The van der Waals surface area contributed by atoms with Crippen LogP contribution in [0.4, 0.5) is 4.39 Å². The van der Waals surface area contributed by atoms with E-state index in [4.69, 9.17) is 4.74 Å². The summed E-state index contributed by atoms with van der Waals surface area (Å²) in [6, 6.07) is 11.7. The number of carbonyl (C=O) groups is 1. The molecule has 0 fully saturated rings. The fourth-order valence-electron chi connectivity index (χ4n) is 3.76. The number of carbonyl (C=O) groups excluding carboxylic acids is 1. The Bertz CT molecular complexity index is 1070. The molecule has 0 atom stereocenters. The molecule has 8 heteroatoms. The minimum absolute atomic E-state index is 0.208. The number of fused-ring (bicyclic) bond motifs is 2. The number of nitrogens with zero attached hydrogens (tertiary/aromatic N) is 4. The summed E-state index contributed by atoms with van der Waals surface area (Å²) in [7, 11) is 0. The monoisotopic (exact) mass is 410 g/mol. The predicted molar refractivity (Wildman–Crippen MR) is 107 cm³/mol. The van der Waals surface area contributed by atoms with Gasteiger partial charge in [0, 0.05) is 11.3 Å². The standard InChI is InChI=1S/C21H19FN4O2S/c22-17-7-4-15(5-8-17)20(27)25-10-11-29-21-24-23-19(26(21)25)13-28-18-9-6-14-2-1-3-16(14)12-18/h4-9,12H,1-3,10-11,13H2. The van der Waals surface area contributed by atoms with Crippen molar-refractivity contribution >= 4 is 17.7 Å². The van der Waals surface area contributed by atoms with E-state index >= 15 is 0 Å². The Morgan fingerprint density at radius 3 is 2.79 bits per heavy atom. The van der Waals surface area contributed by atoms with Gasteiger partial charge in [-0.2, -0.15) is 0 Å². The summed E-state index contributed by atoms with van der Waals surface area (Å²) >= 11 is 1.55. The Morgan fingerprint density at radius 1 is 1.10 bits per heavy atom. The van der Waals surface area contributed by atoms with Crippen LogP contribution in [0.3, 0.4) is 0 Å². The second-order valence-corrected chi connectivity index (χ2v) is 8.13. The topological polar surface area (TPSA) is 60.3 Å². The number of rotatable bonds is 4. The molecule has 0 radical (unpaired) electrons. The molecule has 0 saturated heterocycles. The number of aryl methyl sites for hydroxylation is 2. The SMILES string of the molecule is O=C(c1ccc(F)cc1)N1CCSc2nnc(COc3ccc4c(c3)CCC4)n21. The summed E-state index contributed by atoms with van der Waals surface area (Å²) in [6.45, 7) is 0.720. The van der Waals surface area contributed by atoms with E-state index in [0.29, 0.717) is 23.1 Å². The molecule has 1 aliphatic heterocycles. The van der Waals surface area contributed by atoms with Crippen molar-refractivity contribution in [1.82, 2.24) is 14.9 Å². The van der Waals surface area contributed by atoms with Crippen LogP contribution in [0.15, 0.2) is 47.6 Å². The van der Waals surface area contributed by atoms with E-state index in [2.05, 4.69) is 22.3 Å². The molecule has 3 aromatic rings. The lowest BCUT2D eigenvalue weighted by atomic mass is 10.1. The molecule has 0 saturated carbocycles. The molecule has 148 valence electrons. The summed E-state index contributed by atoms with van der Waals surface area (Å²) in [4.78, 5) is 13.0. The maximum atomic E-state index is 13.2. The van der Waals surface area contributed by atoms with Gasteiger partial charge in [-0.25, -0.2) is 14.1 Å². The van der Waals surface area contributed by atoms with Crippen molar-refractivity contribution in [3.8, 4) is 5.75 Å². The highest BCUT2D eigenvalue weighted by atomic mass is 32.2. The van der Waals surface area contributed by atoms with Crippen LogP contribution in [0.1, 0.15) is 33.7 Å². The molecule has 0 unspecified atom stereocenters. The number of aromatic nitrogens is 3. The fourth-order valence-corrected chi connectivity index (χ4v) is 4.63. The summed E-state index contributed by atoms with van der Waals surface area (Å²) in [5.41, 5.74) is 3.16. The Morgan fingerprint density at radius 2 is 1.93 bits per heavy atom. The second kappa shape index (κ2) is 7.51. The highest BCUT2D eigenvalue weighted by molar-refractivity contribution is 7.99. The van der Waals surface area contributed by atoms with Gasteiger partial charge in [-0.05, 0) is 66.8 Å². The van der Waals surface area contributed by atoms with Gasteiger partial charge in [0.2, 0.25) is 5.16 Å². The average Bonchev–Trinajstić information content (AvgIpc) is 3.38. The number of ether oxygens (including phenoxy) is 1. The van der Waals surface area contributed by atoms with Crippen molar-refractivity contribution < 1.29 is 13.9 Å². The molecular formula is C21H19FN4O2S. The van der Waals surface area contributed by atoms with E-state index < -0.39 is 0 Å². The van der Waals surface area contributed by atoms with Crippen molar-refractivity contribution in [1.29, 1.82) is 0 Å². The smallest absolute Gasteiger partial charge is 0.272 e. The molecule has 5 rings (SSSR count). The molecule has 2 aromatic carbocycles. The van der Waals surface area contributed by atoms with Crippen molar-refractivity contribution in [2.75, 3.05) is 17.3 Å². The maximum absolute atomic E-state index is 13.2. The summed E-state index contributed by atoms with van der Waals surface area (Å²) in [6.07, 6.45) is 3.41. The number of amides is 1. The maximum Gasteiger partial charge on any atom is 0.272 e. The van der Waals surface area contributed by atoms with Crippen LogP contribution in [0.2, 0.25) is 0 Å². The van der Waals surface area contributed by atoms with E-state index in [1.54, 1.807) is 21.4 Å².